The van der Waals surface area contributed by atoms with Crippen LogP contribution in [-0.4, -0.2) is 41.0 Å². The molecule has 1 amide bonds. The Kier molecular flexibility index (Phi) is 6.70. The molecule has 0 saturated heterocycles. The predicted molar refractivity (Wildman–Crippen MR) is 77.6 cm³/mol. The fourth-order valence-corrected chi connectivity index (χ4v) is 2.11. The van der Waals surface area contributed by atoms with E-state index in [0.717, 1.165) is 12.1 Å². The van der Waals surface area contributed by atoms with Crippen LogP contribution < -0.4 is 5.32 Å². The molecule has 1 aromatic carbocycles. The van der Waals surface area contributed by atoms with Crippen LogP contribution in [0.5, 0.6) is 0 Å². The van der Waals surface area contributed by atoms with Gasteiger partial charge in [0.2, 0.25) is 5.91 Å². The molecule has 0 aliphatic carbocycles. The topological polar surface area (TPSA) is 69.6 Å². The normalized spacial score (nSPS) is 13.0. The molecular formula is C15H18F4N2O3. The number of rotatable bonds is 7. The summed E-state index contributed by atoms with van der Waals surface area (Å²) in [5, 5.41) is 11.6. The number of nitrogens with one attached hydrogen (secondary N) is 1. The van der Waals surface area contributed by atoms with Crippen LogP contribution in [-0.2, 0) is 22.3 Å². The number of carboxylic acids is 1. The number of carboxylic acid groups (broad SMARTS) is 1. The molecule has 1 rings (SSSR count). The predicted octanol–water partition coefficient (Wildman–Crippen LogP) is 2.26. The van der Waals surface area contributed by atoms with Crippen LogP contribution in [0.25, 0.3) is 0 Å². The van der Waals surface area contributed by atoms with Crippen LogP contribution in [0, 0.1) is 5.82 Å². The van der Waals surface area contributed by atoms with Gasteiger partial charge in [-0.2, -0.15) is 13.2 Å². The SMILES string of the molecule is CC(=O)NCCN(Cc1ccc(F)cc1C(F)(F)F)C(C)C(=O)O. The molecule has 1 aromatic rings. The minimum atomic E-state index is -4.76. The maximum atomic E-state index is 13.1. The molecule has 0 aromatic heterocycles. The van der Waals surface area contributed by atoms with Gasteiger partial charge in [0.05, 0.1) is 5.56 Å². The lowest BCUT2D eigenvalue weighted by Gasteiger charge is -2.27. The van der Waals surface area contributed by atoms with Gasteiger partial charge < -0.3 is 10.4 Å². The van der Waals surface area contributed by atoms with Crippen molar-refractivity contribution in [1.82, 2.24) is 10.2 Å². The van der Waals surface area contributed by atoms with Crippen molar-refractivity contribution < 1.29 is 32.3 Å². The molecule has 1 atom stereocenters. The summed E-state index contributed by atoms with van der Waals surface area (Å²) >= 11 is 0. The Morgan fingerprint density at radius 1 is 1.33 bits per heavy atom. The molecule has 0 bridgehead atoms. The second kappa shape index (κ2) is 8.09. The summed E-state index contributed by atoms with van der Waals surface area (Å²) in [6, 6.07) is 1.18. The Bertz CT molecular complexity index is 605. The van der Waals surface area contributed by atoms with Crippen molar-refractivity contribution in [2.45, 2.75) is 32.6 Å². The van der Waals surface area contributed by atoms with E-state index in [2.05, 4.69) is 5.32 Å². The number of nitrogens with zero attached hydrogens (tertiary/aromatic N) is 1. The largest absolute Gasteiger partial charge is 0.480 e. The first kappa shape index (κ1) is 19.9. The first-order valence-corrected chi connectivity index (χ1v) is 7.09. The number of aliphatic carboxylic acids is 1. The highest BCUT2D eigenvalue weighted by atomic mass is 19.4. The molecule has 0 fully saturated rings. The minimum Gasteiger partial charge on any atom is -0.480 e. The quantitative estimate of drug-likeness (QED) is 0.740. The third-order valence-electron chi connectivity index (χ3n) is 3.43. The van der Waals surface area contributed by atoms with E-state index in [9.17, 15) is 27.2 Å². The summed E-state index contributed by atoms with van der Waals surface area (Å²) in [5.41, 5.74) is -1.38. The Balaban J connectivity index is 3.05. The number of hydrogen-bond donors (Lipinski definition) is 2. The van der Waals surface area contributed by atoms with E-state index in [1.807, 2.05) is 0 Å². The van der Waals surface area contributed by atoms with E-state index < -0.39 is 29.6 Å². The van der Waals surface area contributed by atoms with Crippen LogP contribution in [0.2, 0.25) is 0 Å². The van der Waals surface area contributed by atoms with E-state index >= 15 is 0 Å². The van der Waals surface area contributed by atoms with Gasteiger partial charge in [0.25, 0.3) is 0 Å². The summed E-state index contributed by atoms with van der Waals surface area (Å²) in [6.45, 7) is 2.36. The van der Waals surface area contributed by atoms with Gasteiger partial charge in [-0.05, 0) is 24.6 Å². The molecule has 0 spiro atoms. The Morgan fingerprint density at radius 2 is 1.96 bits per heavy atom. The summed E-state index contributed by atoms with van der Waals surface area (Å²) in [7, 11) is 0. The first-order valence-electron chi connectivity index (χ1n) is 7.09. The van der Waals surface area contributed by atoms with E-state index in [0.29, 0.717) is 6.07 Å². The average Bonchev–Trinajstić information content (AvgIpc) is 2.45. The second-order valence-corrected chi connectivity index (χ2v) is 5.27. The molecule has 0 heterocycles. The van der Waals surface area contributed by atoms with Gasteiger partial charge in [-0.1, -0.05) is 6.07 Å². The number of hydrogen-bond acceptors (Lipinski definition) is 3. The molecule has 1 unspecified atom stereocenters. The molecule has 0 saturated carbocycles. The van der Waals surface area contributed by atoms with Gasteiger partial charge in [-0.3, -0.25) is 14.5 Å². The monoisotopic (exact) mass is 350 g/mol. The standard InChI is InChI=1S/C15H18F4N2O3/c1-9(14(23)24)21(6-5-20-10(2)22)8-11-3-4-12(16)7-13(11)15(17,18)19/h3-4,7,9H,5-6,8H2,1-2H3,(H,20,22)(H,23,24). The Morgan fingerprint density at radius 3 is 2.46 bits per heavy atom. The van der Waals surface area contributed by atoms with Gasteiger partial charge >= 0.3 is 12.1 Å². The minimum absolute atomic E-state index is 0.0295. The summed E-state index contributed by atoms with van der Waals surface area (Å²) in [6.07, 6.45) is -4.76. The number of alkyl halides is 3. The maximum absolute atomic E-state index is 13.1. The van der Waals surface area contributed by atoms with E-state index in [1.54, 1.807) is 0 Å². The molecule has 134 valence electrons. The summed E-state index contributed by atoms with van der Waals surface area (Å²) in [4.78, 5) is 23.3. The van der Waals surface area contributed by atoms with Gasteiger partial charge in [0, 0.05) is 26.6 Å². The molecule has 0 aliphatic rings. The van der Waals surface area contributed by atoms with E-state index in [4.69, 9.17) is 5.11 Å². The van der Waals surface area contributed by atoms with Crippen LogP contribution in [0.3, 0.4) is 0 Å². The van der Waals surface area contributed by atoms with Gasteiger partial charge in [-0.25, -0.2) is 4.39 Å². The molecule has 2 N–H and O–H groups in total. The number of benzene rings is 1. The van der Waals surface area contributed by atoms with E-state index in [1.165, 1.54) is 18.7 Å². The van der Waals surface area contributed by atoms with Crippen molar-refractivity contribution in [2.75, 3.05) is 13.1 Å². The number of halogens is 4. The zero-order valence-corrected chi connectivity index (χ0v) is 13.2. The Labute approximate surface area is 136 Å². The lowest BCUT2D eigenvalue weighted by Crippen LogP contribution is -2.43. The van der Waals surface area contributed by atoms with Gasteiger partial charge in [0.15, 0.2) is 0 Å². The molecule has 5 nitrogen and oxygen atoms in total. The van der Waals surface area contributed by atoms with Crippen molar-refractivity contribution in [3.63, 3.8) is 0 Å². The summed E-state index contributed by atoms with van der Waals surface area (Å²) in [5.74, 6) is -2.58. The third-order valence-corrected chi connectivity index (χ3v) is 3.43. The van der Waals surface area contributed by atoms with Gasteiger partial charge in [0.1, 0.15) is 11.9 Å². The molecule has 24 heavy (non-hydrogen) atoms. The maximum Gasteiger partial charge on any atom is 0.416 e. The van der Waals surface area contributed by atoms with Crippen molar-refractivity contribution in [3.8, 4) is 0 Å². The second-order valence-electron chi connectivity index (χ2n) is 5.27. The Hall–Kier alpha value is -2.16. The smallest absolute Gasteiger partial charge is 0.416 e. The highest BCUT2D eigenvalue weighted by molar-refractivity contribution is 5.73. The number of carbonyl (C=O) groups excluding carboxylic acids is 1. The molecule has 9 heteroatoms. The highest BCUT2D eigenvalue weighted by Gasteiger charge is 2.34. The van der Waals surface area contributed by atoms with Crippen LogP contribution in [0.1, 0.15) is 25.0 Å². The van der Waals surface area contributed by atoms with Crippen molar-refractivity contribution in [1.29, 1.82) is 0 Å². The molecular weight excluding hydrogens is 332 g/mol. The van der Waals surface area contributed by atoms with Gasteiger partial charge in [-0.15, -0.1) is 0 Å². The van der Waals surface area contributed by atoms with E-state index in [-0.39, 0.29) is 31.1 Å². The average molecular weight is 350 g/mol. The molecule has 0 aliphatic heterocycles. The lowest BCUT2D eigenvalue weighted by molar-refractivity contribution is -0.143. The highest BCUT2D eigenvalue weighted by Crippen LogP contribution is 2.33. The number of carbonyl (C=O) groups is 2. The van der Waals surface area contributed by atoms with Crippen LogP contribution >= 0.6 is 0 Å². The lowest BCUT2D eigenvalue weighted by atomic mass is 10.1. The molecule has 0 radical (unpaired) electrons. The van der Waals surface area contributed by atoms with Crippen LogP contribution in [0.4, 0.5) is 17.6 Å². The van der Waals surface area contributed by atoms with Crippen molar-refractivity contribution in [2.24, 2.45) is 0 Å². The first-order chi connectivity index (χ1) is 11.0. The van der Waals surface area contributed by atoms with Crippen molar-refractivity contribution >= 4 is 11.9 Å². The zero-order chi connectivity index (χ0) is 18.5. The third kappa shape index (κ3) is 5.80. The summed E-state index contributed by atoms with van der Waals surface area (Å²) < 4.78 is 52.3. The van der Waals surface area contributed by atoms with Crippen LogP contribution in [0.15, 0.2) is 18.2 Å². The fourth-order valence-electron chi connectivity index (χ4n) is 2.11. The fraction of sp³-hybridized carbons (Fsp3) is 0.467. The zero-order valence-electron chi connectivity index (χ0n) is 13.2. The van der Waals surface area contributed by atoms with Crippen molar-refractivity contribution in [3.05, 3.63) is 35.1 Å². The number of amides is 1.